The molecule has 0 bridgehead atoms. The van der Waals surface area contributed by atoms with Gasteiger partial charge in [-0.2, -0.15) is 0 Å². The van der Waals surface area contributed by atoms with E-state index in [1.165, 1.54) is 0 Å². The summed E-state index contributed by atoms with van der Waals surface area (Å²) in [5.41, 5.74) is 0. The summed E-state index contributed by atoms with van der Waals surface area (Å²) in [6.07, 6.45) is 5.11. The van der Waals surface area contributed by atoms with Crippen LogP contribution in [-0.2, 0) is 4.79 Å². The monoisotopic (exact) mass is 305 g/mol. The zero-order valence-corrected chi connectivity index (χ0v) is 12.6. The molecule has 0 spiro atoms. The lowest BCUT2D eigenvalue weighted by atomic mass is 10.1. The van der Waals surface area contributed by atoms with E-state index in [-0.39, 0.29) is 11.9 Å². The van der Waals surface area contributed by atoms with Crippen LogP contribution in [0.5, 0.6) is 0 Å². The highest BCUT2D eigenvalue weighted by Crippen LogP contribution is 2.05. The number of aromatic nitrogens is 1. The Bertz CT molecular complexity index is 480. The predicted molar refractivity (Wildman–Crippen MR) is 84.5 cm³/mol. The minimum absolute atomic E-state index is 0.0931. The van der Waals surface area contributed by atoms with Gasteiger partial charge in [0, 0.05) is 25.8 Å². The van der Waals surface area contributed by atoms with Crippen molar-refractivity contribution >= 4 is 17.8 Å². The number of pyridine rings is 1. The number of urea groups is 1. The van der Waals surface area contributed by atoms with E-state index in [0.29, 0.717) is 19.5 Å². The molecule has 7 heteroatoms. The maximum atomic E-state index is 11.8. The van der Waals surface area contributed by atoms with E-state index in [9.17, 15) is 9.59 Å². The van der Waals surface area contributed by atoms with Crippen LogP contribution in [0.2, 0.25) is 0 Å². The third kappa shape index (κ3) is 5.59. The Morgan fingerprint density at radius 2 is 2.23 bits per heavy atom. The third-order valence-electron chi connectivity index (χ3n) is 3.45. The van der Waals surface area contributed by atoms with Crippen LogP contribution in [0, 0.1) is 0 Å². The molecule has 1 unspecified atom stereocenters. The highest BCUT2D eigenvalue weighted by Gasteiger charge is 2.21. The molecule has 7 nitrogen and oxygen atoms in total. The molecule has 0 aliphatic carbocycles. The van der Waals surface area contributed by atoms with Gasteiger partial charge in [-0.1, -0.05) is 6.07 Å². The Morgan fingerprint density at radius 3 is 3.05 bits per heavy atom. The van der Waals surface area contributed by atoms with Crippen LogP contribution in [0.3, 0.4) is 0 Å². The first kappa shape index (κ1) is 16.1. The number of amides is 3. The molecule has 1 saturated heterocycles. The molecule has 4 N–H and O–H groups in total. The first-order valence-corrected chi connectivity index (χ1v) is 7.72. The van der Waals surface area contributed by atoms with E-state index in [0.717, 1.165) is 31.6 Å². The SMILES string of the molecule is O=C(NCCCNc1ccccn1)NC1CCCCNC1=O. The van der Waals surface area contributed by atoms with Crippen molar-refractivity contribution in [2.45, 2.75) is 31.7 Å². The number of hydrogen-bond acceptors (Lipinski definition) is 4. The molecule has 0 saturated carbocycles. The average Bonchev–Trinajstić information content (AvgIpc) is 2.73. The Kier molecular flexibility index (Phi) is 6.47. The molecule has 1 aromatic heterocycles. The third-order valence-corrected chi connectivity index (χ3v) is 3.45. The van der Waals surface area contributed by atoms with E-state index in [1.807, 2.05) is 18.2 Å². The van der Waals surface area contributed by atoms with Gasteiger partial charge in [0.15, 0.2) is 0 Å². The lowest BCUT2D eigenvalue weighted by Gasteiger charge is -2.15. The van der Waals surface area contributed by atoms with Gasteiger partial charge >= 0.3 is 6.03 Å². The van der Waals surface area contributed by atoms with Crippen LogP contribution in [0.25, 0.3) is 0 Å². The van der Waals surface area contributed by atoms with Crippen LogP contribution in [0.15, 0.2) is 24.4 Å². The van der Waals surface area contributed by atoms with Crippen LogP contribution in [-0.4, -0.2) is 42.6 Å². The number of carbonyl (C=O) groups is 2. The molecule has 0 radical (unpaired) electrons. The lowest BCUT2D eigenvalue weighted by molar-refractivity contribution is -0.122. The second-order valence-electron chi connectivity index (χ2n) is 5.23. The van der Waals surface area contributed by atoms with Gasteiger partial charge in [-0.15, -0.1) is 0 Å². The van der Waals surface area contributed by atoms with Gasteiger partial charge in [0.05, 0.1) is 0 Å². The molecular formula is C15H23N5O2. The smallest absolute Gasteiger partial charge is 0.315 e. The molecule has 1 atom stereocenters. The van der Waals surface area contributed by atoms with Gasteiger partial charge in [-0.25, -0.2) is 9.78 Å². The maximum Gasteiger partial charge on any atom is 0.315 e. The normalized spacial score (nSPS) is 18.0. The molecule has 2 heterocycles. The zero-order chi connectivity index (χ0) is 15.6. The minimum Gasteiger partial charge on any atom is -0.370 e. The Labute approximate surface area is 130 Å². The van der Waals surface area contributed by atoms with Crippen molar-refractivity contribution in [2.75, 3.05) is 25.0 Å². The minimum atomic E-state index is -0.422. The Morgan fingerprint density at radius 1 is 1.32 bits per heavy atom. The van der Waals surface area contributed by atoms with E-state index in [1.54, 1.807) is 6.20 Å². The van der Waals surface area contributed by atoms with Gasteiger partial charge in [-0.3, -0.25) is 4.79 Å². The zero-order valence-electron chi connectivity index (χ0n) is 12.6. The summed E-state index contributed by atoms with van der Waals surface area (Å²) in [6, 6.07) is 4.96. The topological polar surface area (TPSA) is 95.2 Å². The van der Waals surface area contributed by atoms with Crippen LogP contribution >= 0.6 is 0 Å². The van der Waals surface area contributed by atoms with Gasteiger partial charge in [0.1, 0.15) is 11.9 Å². The largest absolute Gasteiger partial charge is 0.370 e. The number of nitrogens with one attached hydrogen (secondary N) is 4. The molecule has 120 valence electrons. The molecule has 1 aromatic rings. The number of carbonyl (C=O) groups excluding carboxylic acids is 2. The van der Waals surface area contributed by atoms with Gasteiger partial charge in [0.2, 0.25) is 5.91 Å². The second kappa shape index (κ2) is 8.86. The van der Waals surface area contributed by atoms with Gasteiger partial charge < -0.3 is 21.3 Å². The summed E-state index contributed by atoms with van der Waals surface area (Å²) < 4.78 is 0. The molecule has 1 aliphatic heterocycles. The first-order valence-electron chi connectivity index (χ1n) is 7.72. The fourth-order valence-corrected chi connectivity index (χ4v) is 2.26. The van der Waals surface area contributed by atoms with Crippen molar-refractivity contribution in [3.8, 4) is 0 Å². The number of nitrogens with zero attached hydrogens (tertiary/aromatic N) is 1. The van der Waals surface area contributed by atoms with Crippen molar-refractivity contribution in [1.29, 1.82) is 0 Å². The van der Waals surface area contributed by atoms with E-state index in [4.69, 9.17) is 0 Å². The highest BCUT2D eigenvalue weighted by molar-refractivity contribution is 5.87. The summed E-state index contributed by atoms with van der Waals surface area (Å²) >= 11 is 0. The van der Waals surface area contributed by atoms with Crippen molar-refractivity contribution in [3.63, 3.8) is 0 Å². The predicted octanol–water partition coefficient (Wildman–Crippen LogP) is 0.851. The van der Waals surface area contributed by atoms with Crippen LogP contribution < -0.4 is 21.3 Å². The summed E-state index contributed by atoms with van der Waals surface area (Å²) in [4.78, 5) is 27.6. The molecule has 2 rings (SSSR count). The van der Waals surface area contributed by atoms with Gasteiger partial charge in [-0.05, 0) is 37.8 Å². The molecular weight excluding hydrogens is 282 g/mol. The quantitative estimate of drug-likeness (QED) is 0.586. The van der Waals surface area contributed by atoms with Crippen molar-refractivity contribution in [1.82, 2.24) is 20.9 Å². The summed E-state index contributed by atoms with van der Waals surface area (Å²) in [7, 11) is 0. The first-order chi connectivity index (χ1) is 10.8. The number of hydrogen-bond donors (Lipinski definition) is 4. The fraction of sp³-hybridized carbons (Fsp3) is 0.533. The second-order valence-corrected chi connectivity index (χ2v) is 5.23. The highest BCUT2D eigenvalue weighted by atomic mass is 16.2. The van der Waals surface area contributed by atoms with Crippen LogP contribution in [0.1, 0.15) is 25.7 Å². The molecule has 0 aromatic carbocycles. The summed E-state index contributed by atoms with van der Waals surface area (Å²) in [5, 5.41) is 11.5. The number of rotatable bonds is 6. The van der Waals surface area contributed by atoms with E-state index < -0.39 is 6.04 Å². The molecule has 1 fully saturated rings. The molecule has 22 heavy (non-hydrogen) atoms. The Hall–Kier alpha value is -2.31. The lowest BCUT2D eigenvalue weighted by Crippen LogP contribution is -2.49. The van der Waals surface area contributed by atoms with Crippen LogP contribution in [0.4, 0.5) is 10.6 Å². The van der Waals surface area contributed by atoms with Crippen molar-refractivity contribution < 1.29 is 9.59 Å². The standard InChI is InChI=1S/C15H23N5O2/c21-14-12(6-1-3-9-18-14)20-15(22)19-11-5-10-17-13-7-2-4-8-16-13/h2,4,7-8,12H,1,3,5-6,9-11H2,(H,16,17)(H,18,21)(H2,19,20,22). The van der Waals surface area contributed by atoms with E-state index >= 15 is 0 Å². The van der Waals surface area contributed by atoms with Crippen molar-refractivity contribution in [2.24, 2.45) is 0 Å². The van der Waals surface area contributed by atoms with Gasteiger partial charge in [0.25, 0.3) is 0 Å². The maximum absolute atomic E-state index is 11.8. The van der Waals surface area contributed by atoms with Crippen molar-refractivity contribution in [3.05, 3.63) is 24.4 Å². The average molecular weight is 305 g/mol. The number of anilines is 1. The summed E-state index contributed by atoms with van der Waals surface area (Å²) in [6.45, 7) is 1.96. The molecule has 1 aliphatic rings. The Balaban J connectivity index is 1.58. The fourth-order valence-electron chi connectivity index (χ4n) is 2.26. The summed E-state index contributed by atoms with van der Waals surface area (Å²) in [5.74, 6) is 0.728. The van der Waals surface area contributed by atoms with E-state index in [2.05, 4.69) is 26.3 Å². The molecule has 3 amide bonds.